The zero-order valence-corrected chi connectivity index (χ0v) is 15.1. The smallest absolute Gasteiger partial charge is 0.251 e. The molecule has 1 aliphatic heterocycles. The van der Waals surface area contributed by atoms with Crippen LogP contribution in [0.1, 0.15) is 24.8 Å². The van der Waals surface area contributed by atoms with E-state index in [1.54, 1.807) is 26.4 Å². The van der Waals surface area contributed by atoms with Crippen LogP contribution in [0.3, 0.4) is 0 Å². The first kappa shape index (κ1) is 18.3. The molecule has 1 amide bonds. The summed E-state index contributed by atoms with van der Waals surface area (Å²) in [5.41, 5.74) is 1.04. The second-order valence-electron chi connectivity index (χ2n) is 6.36. The van der Waals surface area contributed by atoms with Crippen LogP contribution in [-0.4, -0.2) is 44.4 Å². The number of ether oxygens (including phenoxy) is 3. The van der Waals surface area contributed by atoms with Crippen LogP contribution >= 0.6 is 0 Å². The number of nitrogens with one attached hydrogen (secondary N) is 2. The highest BCUT2D eigenvalue weighted by atomic mass is 16.5. The van der Waals surface area contributed by atoms with E-state index in [1.807, 2.05) is 6.07 Å². The molecule has 0 aliphatic carbocycles. The summed E-state index contributed by atoms with van der Waals surface area (Å²) < 4.78 is 16.0. The lowest BCUT2D eigenvalue weighted by Crippen LogP contribution is -2.32. The van der Waals surface area contributed by atoms with Gasteiger partial charge in [0, 0.05) is 36.6 Å². The van der Waals surface area contributed by atoms with Crippen LogP contribution in [0, 0.1) is 0 Å². The molecule has 2 heterocycles. The van der Waals surface area contributed by atoms with Gasteiger partial charge in [-0.2, -0.15) is 0 Å². The Morgan fingerprint density at radius 3 is 2.73 bits per heavy atom. The van der Waals surface area contributed by atoms with Crippen LogP contribution in [0.4, 0.5) is 0 Å². The van der Waals surface area contributed by atoms with Gasteiger partial charge in [-0.3, -0.25) is 9.59 Å². The number of H-pyrrole nitrogens is 1. The maximum absolute atomic E-state index is 12.3. The van der Waals surface area contributed by atoms with Crippen molar-refractivity contribution in [2.45, 2.75) is 31.8 Å². The summed E-state index contributed by atoms with van der Waals surface area (Å²) in [6, 6.07) is 5.34. The first-order chi connectivity index (χ1) is 12.6. The highest BCUT2D eigenvalue weighted by Crippen LogP contribution is 2.31. The number of benzene rings is 1. The van der Waals surface area contributed by atoms with Gasteiger partial charge in [-0.05, 0) is 31.4 Å². The van der Waals surface area contributed by atoms with E-state index in [4.69, 9.17) is 14.2 Å². The summed E-state index contributed by atoms with van der Waals surface area (Å²) >= 11 is 0. The highest BCUT2D eigenvalue weighted by molar-refractivity contribution is 5.83. The molecule has 0 spiro atoms. The van der Waals surface area contributed by atoms with Crippen molar-refractivity contribution >= 4 is 16.8 Å². The van der Waals surface area contributed by atoms with Crippen molar-refractivity contribution < 1.29 is 19.0 Å². The molecular weight excluding hydrogens is 336 g/mol. The van der Waals surface area contributed by atoms with E-state index in [0.717, 1.165) is 24.8 Å². The molecule has 7 nitrogen and oxygen atoms in total. The van der Waals surface area contributed by atoms with Crippen molar-refractivity contribution in [3.8, 4) is 11.5 Å². The molecule has 1 aromatic carbocycles. The fraction of sp³-hybridized carbons (Fsp3) is 0.474. The molecule has 1 atom stereocenters. The monoisotopic (exact) mass is 360 g/mol. The molecule has 2 aromatic rings. The van der Waals surface area contributed by atoms with Gasteiger partial charge in [-0.25, -0.2) is 0 Å². The van der Waals surface area contributed by atoms with Gasteiger partial charge in [-0.15, -0.1) is 0 Å². The Kier molecular flexibility index (Phi) is 5.78. The van der Waals surface area contributed by atoms with E-state index < -0.39 is 0 Å². The summed E-state index contributed by atoms with van der Waals surface area (Å²) in [7, 11) is 3.11. The molecule has 1 unspecified atom stereocenters. The molecule has 1 aliphatic rings. The number of carbonyl (C=O) groups is 1. The van der Waals surface area contributed by atoms with E-state index in [1.165, 1.54) is 0 Å². The molecule has 1 saturated heterocycles. The van der Waals surface area contributed by atoms with Gasteiger partial charge in [0.1, 0.15) is 0 Å². The Balaban J connectivity index is 1.68. The van der Waals surface area contributed by atoms with Crippen molar-refractivity contribution in [1.82, 2.24) is 10.3 Å². The maximum Gasteiger partial charge on any atom is 0.251 e. The fourth-order valence-corrected chi connectivity index (χ4v) is 3.13. The summed E-state index contributed by atoms with van der Waals surface area (Å²) in [5, 5.41) is 3.70. The van der Waals surface area contributed by atoms with Gasteiger partial charge >= 0.3 is 0 Å². The Morgan fingerprint density at radius 1 is 1.27 bits per heavy atom. The van der Waals surface area contributed by atoms with Crippen molar-refractivity contribution in [1.29, 1.82) is 0 Å². The van der Waals surface area contributed by atoms with E-state index in [2.05, 4.69) is 10.3 Å². The zero-order chi connectivity index (χ0) is 18.5. The highest BCUT2D eigenvalue weighted by Gasteiger charge is 2.16. The topological polar surface area (TPSA) is 89.6 Å². The molecule has 7 heteroatoms. The number of aromatic amines is 1. The molecule has 1 fully saturated rings. The van der Waals surface area contributed by atoms with Gasteiger partial charge in [0.05, 0.1) is 25.8 Å². The van der Waals surface area contributed by atoms with E-state index >= 15 is 0 Å². The number of pyridine rings is 1. The van der Waals surface area contributed by atoms with E-state index in [0.29, 0.717) is 35.5 Å². The van der Waals surface area contributed by atoms with E-state index in [9.17, 15) is 9.59 Å². The predicted molar refractivity (Wildman–Crippen MR) is 98.0 cm³/mol. The number of amides is 1. The number of fused-ring (bicyclic) bond motifs is 1. The first-order valence-corrected chi connectivity index (χ1v) is 8.77. The van der Waals surface area contributed by atoms with Crippen LogP contribution in [0.5, 0.6) is 11.5 Å². The summed E-state index contributed by atoms with van der Waals surface area (Å²) in [6.07, 6.45) is 2.77. The number of methoxy groups -OCH3 is 2. The number of aromatic nitrogens is 1. The summed E-state index contributed by atoms with van der Waals surface area (Å²) in [5.74, 6) is 1.07. The number of rotatable bonds is 7. The molecule has 26 heavy (non-hydrogen) atoms. The van der Waals surface area contributed by atoms with Crippen molar-refractivity contribution in [3.05, 3.63) is 34.1 Å². The lowest BCUT2D eigenvalue weighted by atomic mass is 10.1. The first-order valence-electron chi connectivity index (χ1n) is 8.77. The second-order valence-corrected chi connectivity index (χ2v) is 6.36. The second kappa shape index (κ2) is 8.23. The average Bonchev–Trinajstić information content (AvgIpc) is 3.17. The molecule has 0 saturated carbocycles. The Morgan fingerprint density at radius 2 is 2.04 bits per heavy atom. The van der Waals surface area contributed by atoms with Crippen molar-refractivity contribution in [2.24, 2.45) is 0 Å². The Bertz CT molecular complexity index is 840. The molecule has 0 radical (unpaired) electrons. The van der Waals surface area contributed by atoms with Crippen LogP contribution in [-0.2, 0) is 16.0 Å². The third-order valence-electron chi connectivity index (χ3n) is 4.60. The van der Waals surface area contributed by atoms with Gasteiger partial charge in [0.15, 0.2) is 11.5 Å². The number of carbonyl (C=O) groups excluding carboxylic acids is 1. The lowest BCUT2D eigenvalue weighted by molar-refractivity contribution is -0.121. The Hall–Kier alpha value is -2.54. The maximum atomic E-state index is 12.3. The molecule has 2 N–H and O–H groups in total. The van der Waals surface area contributed by atoms with Crippen LogP contribution in [0.2, 0.25) is 0 Å². The van der Waals surface area contributed by atoms with Crippen LogP contribution in [0.25, 0.3) is 10.9 Å². The van der Waals surface area contributed by atoms with Crippen molar-refractivity contribution in [2.75, 3.05) is 27.4 Å². The molecule has 0 bridgehead atoms. The minimum absolute atomic E-state index is 0.0766. The molecule has 3 rings (SSSR count). The quantitative estimate of drug-likeness (QED) is 0.785. The van der Waals surface area contributed by atoms with Gasteiger partial charge in [0.2, 0.25) is 5.91 Å². The van der Waals surface area contributed by atoms with Gasteiger partial charge < -0.3 is 24.5 Å². The third kappa shape index (κ3) is 4.16. The summed E-state index contributed by atoms with van der Waals surface area (Å²) in [6.45, 7) is 1.30. The minimum atomic E-state index is -0.198. The number of aryl methyl sites for hydroxylation is 1. The third-order valence-corrected chi connectivity index (χ3v) is 4.60. The fourth-order valence-electron chi connectivity index (χ4n) is 3.13. The Labute approximate surface area is 151 Å². The normalized spacial score (nSPS) is 16.6. The number of hydrogen-bond donors (Lipinski definition) is 2. The SMILES string of the molecule is COc1cc2cc(CCC(=O)NCC3CCCO3)c(=O)[nH]c2cc1OC. The van der Waals surface area contributed by atoms with Gasteiger partial charge in [0.25, 0.3) is 5.56 Å². The van der Waals surface area contributed by atoms with Crippen molar-refractivity contribution in [3.63, 3.8) is 0 Å². The largest absolute Gasteiger partial charge is 0.493 e. The van der Waals surface area contributed by atoms with Crippen LogP contribution in [0.15, 0.2) is 23.0 Å². The van der Waals surface area contributed by atoms with E-state index in [-0.39, 0.29) is 24.0 Å². The molecule has 140 valence electrons. The summed E-state index contributed by atoms with van der Waals surface area (Å²) in [4.78, 5) is 27.1. The minimum Gasteiger partial charge on any atom is -0.493 e. The molecule has 1 aromatic heterocycles. The lowest BCUT2D eigenvalue weighted by Gasteiger charge is -2.11. The van der Waals surface area contributed by atoms with Crippen LogP contribution < -0.4 is 20.3 Å². The predicted octanol–water partition coefficient (Wildman–Crippen LogP) is 1.77. The zero-order valence-electron chi connectivity index (χ0n) is 15.1. The average molecular weight is 360 g/mol. The number of hydrogen-bond acceptors (Lipinski definition) is 5. The standard InChI is InChI=1S/C19H24N2O5/c1-24-16-9-13-8-12(19(23)21-15(13)10-17(16)25-2)5-6-18(22)20-11-14-4-3-7-26-14/h8-10,14H,3-7,11H2,1-2H3,(H,20,22)(H,21,23). The van der Waals surface area contributed by atoms with Gasteiger partial charge in [-0.1, -0.05) is 0 Å². The molecular formula is C19H24N2O5.